The van der Waals surface area contributed by atoms with Gasteiger partial charge in [0, 0.05) is 13.8 Å². The van der Waals surface area contributed by atoms with Crippen LogP contribution in [0.4, 0.5) is 0 Å². The number of carbonyl (C=O) groups excluding carboxylic acids is 1. The molecule has 0 aliphatic rings. The van der Waals surface area contributed by atoms with Crippen molar-refractivity contribution in [3.63, 3.8) is 0 Å². The van der Waals surface area contributed by atoms with E-state index in [-0.39, 0.29) is 0 Å². The van der Waals surface area contributed by atoms with E-state index < -0.39 is 11.9 Å². The number of carboxylic acids is 2. The summed E-state index contributed by atoms with van der Waals surface area (Å²) in [5.41, 5.74) is 0. The predicted octanol–water partition coefficient (Wildman–Crippen LogP) is 0.943. The van der Waals surface area contributed by atoms with Gasteiger partial charge in [0.25, 0.3) is 11.9 Å². The van der Waals surface area contributed by atoms with Gasteiger partial charge in [-0.05, 0) is 13.0 Å². The summed E-state index contributed by atoms with van der Waals surface area (Å²) in [6.07, 6.45) is 3.88. The molecule has 0 spiro atoms. The highest BCUT2D eigenvalue weighted by molar-refractivity contribution is 5.64. The van der Waals surface area contributed by atoms with Gasteiger partial charge in [-0.25, -0.2) is 0 Å². The van der Waals surface area contributed by atoms with Crippen molar-refractivity contribution in [2.45, 2.75) is 20.8 Å². The standard InChI is InChI=1S/C4H6O.2C2H4O2/c1-2-3-4-5;2*1-2(3)4/h2-4H,1H3;2*1H3,(H,3,4). The second kappa shape index (κ2) is 16.7. The van der Waals surface area contributed by atoms with Crippen LogP contribution in [0, 0.1) is 0 Å². The van der Waals surface area contributed by atoms with Gasteiger partial charge in [-0.1, -0.05) is 6.08 Å². The van der Waals surface area contributed by atoms with Crippen LogP contribution in [0.3, 0.4) is 0 Å². The predicted molar refractivity (Wildman–Crippen MR) is 47.5 cm³/mol. The van der Waals surface area contributed by atoms with E-state index in [0.29, 0.717) is 0 Å². The maximum Gasteiger partial charge on any atom is 0.300 e. The Kier molecular flexibility index (Phi) is 22.5. The van der Waals surface area contributed by atoms with E-state index in [0.717, 1.165) is 20.1 Å². The Labute approximate surface area is 76.7 Å². The number of aliphatic carboxylic acids is 2. The molecule has 0 atom stereocenters. The van der Waals surface area contributed by atoms with Gasteiger partial charge >= 0.3 is 0 Å². The minimum absolute atomic E-state index is 0.750. The number of hydrogen-bond donors (Lipinski definition) is 2. The lowest BCUT2D eigenvalue weighted by Gasteiger charge is -1.59. The van der Waals surface area contributed by atoms with Crippen LogP contribution in [0.1, 0.15) is 20.8 Å². The molecule has 0 fully saturated rings. The summed E-state index contributed by atoms with van der Waals surface area (Å²) in [7, 11) is 0. The zero-order chi connectivity index (χ0) is 11.3. The molecule has 0 aromatic carbocycles. The molecule has 0 aromatic heterocycles. The minimum atomic E-state index is -0.833. The average molecular weight is 190 g/mol. The van der Waals surface area contributed by atoms with Gasteiger partial charge in [-0.3, -0.25) is 14.4 Å². The topological polar surface area (TPSA) is 91.7 Å². The van der Waals surface area contributed by atoms with E-state index in [9.17, 15) is 4.79 Å². The first kappa shape index (κ1) is 17.4. The summed E-state index contributed by atoms with van der Waals surface area (Å²) in [6.45, 7) is 3.97. The van der Waals surface area contributed by atoms with Gasteiger partial charge in [-0.2, -0.15) is 0 Å². The van der Waals surface area contributed by atoms with Gasteiger partial charge in [0.15, 0.2) is 0 Å². The first-order chi connectivity index (χ1) is 5.88. The lowest BCUT2D eigenvalue weighted by Crippen LogP contribution is -1.78. The second-order valence-corrected chi connectivity index (χ2v) is 1.70. The van der Waals surface area contributed by atoms with Crippen molar-refractivity contribution in [1.82, 2.24) is 0 Å². The van der Waals surface area contributed by atoms with Crippen molar-refractivity contribution in [3.05, 3.63) is 12.2 Å². The van der Waals surface area contributed by atoms with Crippen LogP contribution in [-0.4, -0.2) is 28.4 Å². The molecule has 0 rings (SSSR count). The molecular weight excluding hydrogens is 176 g/mol. The summed E-state index contributed by atoms with van der Waals surface area (Å²) < 4.78 is 0. The van der Waals surface area contributed by atoms with E-state index in [4.69, 9.17) is 19.8 Å². The zero-order valence-electron chi connectivity index (χ0n) is 7.85. The molecule has 2 N–H and O–H groups in total. The smallest absolute Gasteiger partial charge is 0.300 e. The van der Waals surface area contributed by atoms with Crippen molar-refractivity contribution in [2.75, 3.05) is 0 Å². The fourth-order valence-corrected chi connectivity index (χ4v) is 0.0786. The molecule has 0 radical (unpaired) electrons. The van der Waals surface area contributed by atoms with Crippen LogP contribution in [0.2, 0.25) is 0 Å². The third-order valence-electron chi connectivity index (χ3n) is 0.271. The summed E-state index contributed by atoms with van der Waals surface area (Å²) in [5.74, 6) is -1.67. The van der Waals surface area contributed by atoms with Gasteiger partial charge in [0.05, 0.1) is 0 Å². The molecule has 5 heteroatoms. The van der Waals surface area contributed by atoms with E-state index in [2.05, 4.69) is 0 Å². The normalized spacial score (nSPS) is 7.31. The molecule has 0 aromatic rings. The van der Waals surface area contributed by atoms with Crippen LogP contribution in [-0.2, 0) is 14.4 Å². The van der Waals surface area contributed by atoms with Crippen LogP contribution >= 0.6 is 0 Å². The molecule has 5 nitrogen and oxygen atoms in total. The number of hydrogen-bond acceptors (Lipinski definition) is 3. The number of carbonyl (C=O) groups is 3. The second-order valence-electron chi connectivity index (χ2n) is 1.70. The first-order valence-corrected chi connectivity index (χ1v) is 3.34. The average Bonchev–Trinajstić information content (AvgIpc) is 1.86. The molecule has 0 saturated carbocycles. The largest absolute Gasteiger partial charge is 0.481 e. The molecule has 0 aliphatic carbocycles. The quantitative estimate of drug-likeness (QED) is 0.474. The van der Waals surface area contributed by atoms with Gasteiger partial charge in [0.2, 0.25) is 0 Å². The van der Waals surface area contributed by atoms with E-state index >= 15 is 0 Å². The molecule has 0 unspecified atom stereocenters. The SMILES string of the molecule is CC(=O)O.CC(=O)O.CC=CC=O. The molecule has 0 saturated heterocycles. The van der Waals surface area contributed by atoms with Crippen molar-refractivity contribution in [1.29, 1.82) is 0 Å². The van der Waals surface area contributed by atoms with Crippen molar-refractivity contribution in [3.8, 4) is 0 Å². The van der Waals surface area contributed by atoms with Crippen LogP contribution in [0.25, 0.3) is 0 Å². The summed E-state index contributed by atoms with van der Waals surface area (Å²) in [5, 5.41) is 14.8. The molecule has 0 bridgehead atoms. The molecule has 76 valence electrons. The highest BCUT2D eigenvalue weighted by Crippen LogP contribution is 1.55. The number of rotatable bonds is 1. The molecule has 0 aliphatic heterocycles. The minimum Gasteiger partial charge on any atom is -0.481 e. The van der Waals surface area contributed by atoms with Crippen molar-refractivity contribution < 1.29 is 24.6 Å². The summed E-state index contributed by atoms with van der Waals surface area (Å²) in [6, 6.07) is 0. The Hall–Kier alpha value is -1.65. The Morgan fingerprint density at radius 1 is 1.08 bits per heavy atom. The molecular formula is C8H14O5. The van der Waals surface area contributed by atoms with Crippen LogP contribution in [0.5, 0.6) is 0 Å². The fourth-order valence-electron chi connectivity index (χ4n) is 0.0786. The van der Waals surface area contributed by atoms with Crippen LogP contribution < -0.4 is 0 Å². The maximum absolute atomic E-state index is 9.32. The van der Waals surface area contributed by atoms with Crippen molar-refractivity contribution >= 4 is 18.2 Å². The zero-order valence-corrected chi connectivity index (χ0v) is 7.85. The Morgan fingerprint density at radius 2 is 1.31 bits per heavy atom. The fraction of sp³-hybridized carbons (Fsp3) is 0.375. The maximum atomic E-state index is 9.32. The highest BCUT2D eigenvalue weighted by Gasteiger charge is 1.65. The van der Waals surface area contributed by atoms with E-state index in [1.165, 1.54) is 6.08 Å². The lowest BCUT2D eigenvalue weighted by molar-refractivity contribution is -0.135. The molecule has 0 heterocycles. The van der Waals surface area contributed by atoms with Crippen LogP contribution in [0.15, 0.2) is 12.2 Å². The Balaban J connectivity index is -0.000000117. The number of allylic oxidation sites excluding steroid dienone is 2. The molecule has 0 amide bonds. The number of carboxylic acid groups (broad SMARTS) is 2. The highest BCUT2D eigenvalue weighted by atomic mass is 16.4. The number of aldehydes is 1. The lowest BCUT2D eigenvalue weighted by atomic mass is 10.6. The Morgan fingerprint density at radius 3 is 1.31 bits per heavy atom. The summed E-state index contributed by atoms with van der Waals surface area (Å²) >= 11 is 0. The van der Waals surface area contributed by atoms with E-state index in [1.54, 1.807) is 13.0 Å². The third kappa shape index (κ3) is 5890. The van der Waals surface area contributed by atoms with Gasteiger partial charge < -0.3 is 10.2 Å². The first-order valence-electron chi connectivity index (χ1n) is 3.34. The van der Waals surface area contributed by atoms with Gasteiger partial charge in [-0.15, -0.1) is 0 Å². The monoisotopic (exact) mass is 190 g/mol. The third-order valence-corrected chi connectivity index (χ3v) is 0.271. The Bertz CT molecular complexity index is 151. The van der Waals surface area contributed by atoms with E-state index in [1.807, 2.05) is 0 Å². The summed E-state index contributed by atoms with van der Waals surface area (Å²) in [4.78, 5) is 27.3. The van der Waals surface area contributed by atoms with Crippen molar-refractivity contribution in [2.24, 2.45) is 0 Å². The molecule has 13 heavy (non-hydrogen) atoms. The van der Waals surface area contributed by atoms with Gasteiger partial charge in [0.1, 0.15) is 6.29 Å².